The monoisotopic (exact) mass is 298 g/mol. The highest BCUT2D eigenvalue weighted by atomic mass is 16.5. The van der Waals surface area contributed by atoms with Crippen LogP contribution in [0.15, 0.2) is 43.1 Å². The molecule has 0 radical (unpaired) electrons. The molecule has 5 heteroatoms. The first kappa shape index (κ1) is 13.9. The predicted octanol–water partition coefficient (Wildman–Crippen LogP) is 2.27. The Labute approximate surface area is 130 Å². The van der Waals surface area contributed by atoms with Crippen molar-refractivity contribution in [1.29, 1.82) is 0 Å². The van der Waals surface area contributed by atoms with Crippen molar-refractivity contribution < 1.29 is 4.74 Å². The minimum absolute atomic E-state index is 0.0158. The Hall–Kier alpha value is -1.72. The van der Waals surface area contributed by atoms with Gasteiger partial charge in [-0.15, -0.1) is 0 Å². The van der Waals surface area contributed by atoms with Crippen LogP contribution in [0.25, 0.3) is 0 Å². The van der Waals surface area contributed by atoms with Crippen molar-refractivity contribution in [3.63, 3.8) is 0 Å². The van der Waals surface area contributed by atoms with Gasteiger partial charge in [-0.25, -0.2) is 4.98 Å². The molecule has 5 nitrogen and oxygen atoms in total. The van der Waals surface area contributed by atoms with Crippen LogP contribution in [0, 0.1) is 0 Å². The first-order valence-corrected chi connectivity index (χ1v) is 8.07. The summed E-state index contributed by atoms with van der Waals surface area (Å²) >= 11 is 0. The van der Waals surface area contributed by atoms with Crippen LogP contribution < -0.4 is 0 Å². The zero-order valence-corrected chi connectivity index (χ0v) is 12.8. The largest absolute Gasteiger partial charge is 0.371 e. The van der Waals surface area contributed by atoms with E-state index in [9.17, 15) is 0 Å². The van der Waals surface area contributed by atoms with Crippen molar-refractivity contribution in [3.8, 4) is 0 Å². The highest BCUT2D eigenvalue weighted by Crippen LogP contribution is 2.39. The second-order valence-electron chi connectivity index (χ2n) is 6.50. The van der Waals surface area contributed by atoms with Gasteiger partial charge >= 0.3 is 0 Å². The Morgan fingerprint density at radius 3 is 3.14 bits per heavy atom. The topological polar surface area (TPSA) is 43.2 Å². The molecule has 22 heavy (non-hydrogen) atoms. The van der Waals surface area contributed by atoms with E-state index in [1.54, 1.807) is 0 Å². The number of ether oxygens (including phenoxy) is 1. The summed E-state index contributed by atoms with van der Waals surface area (Å²) in [6.45, 7) is 3.86. The van der Waals surface area contributed by atoms with Crippen LogP contribution in [-0.4, -0.2) is 44.7 Å². The minimum atomic E-state index is 0.0158. The third kappa shape index (κ3) is 2.78. The number of pyridine rings is 1. The second-order valence-corrected chi connectivity index (χ2v) is 6.50. The standard InChI is InChI=1S/C17H22N4O/c1-2-6-19-15(4-1)11-20-8-3-5-17(13-20)10-16(12-22-17)21-9-7-18-14-21/h1-2,4,6-7,9,14,16H,3,5,8,10-13H2. The van der Waals surface area contributed by atoms with E-state index < -0.39 is 0 Å². The Morgan fingerprint density at radius 2 is 2.32 bits per heavy atom. The highest BCUT2D eigenvalue weighted by Gasteiger charge is 2.43. The first-order chi connectivity index (χ1) is 10.8. The third-order valence-electron chi connectivity index (χ3n) is 4.87. The summed E-state index contributed by atoms with van der Waals surface area (Å²) in [4.78, 5) is 11.1. The molecule has 0 aliphatic carbocycles. The van der Waals surface area contributed by atoms with Gasteiger partial charge in [0.2, 0.25) is 0 Å². The molecule has 2 aliphatic heterocycles. The van der Waals surface area contributed by atoms with Gasteiger partial charge in [0.15, 0.2) is 0 Å². The SMILES string of the molecule is c1ccc(CN2CCCC3(CC(n4ccnc4)CO3)C2)nc1. The molecule has 4 heterocycles. The summed E-state index contributed by atoms with van der Waals surface area (Å²) in [5.41, 5.74) is 1.16. The molecule has 116 valence electrons. The summed E-state index contributed by atoms with van der Waals surface area (Å²) in [5.74, 6) is 0. The summed E-state index contributed by atoms with van der Waals surface area (Å²) < 4.78 is 8.46. The minimum Gasteiger partial charge on any atom is -0.371 e. The summed E-state index contributed by atoms with van der Waals surface area (Å²) in [7, 11) is 0. The number of hydrogen-bond acceptors (Lipinski definition) is 4. The van der Waals surface area contributed by atoms with E-state index in [1.165, 1.54) is 6.42 Å². The van der Waals surface area contributed by atoms with E-state index in [0.717, 1.165) is 44.8 Å². The van der Waals surface area contributed by atoms with Crippen LogP contribution in [-0.2, 0) is 11.3 Å². The molecule has 2 aromatic heterocycles. The average Bonchev–Trinajstić information content (AvgIpc) is 3.19. The Morgan fingerprint density at radius 1 is 1.32 bits per heavy atom. The number of imidazole rings is 1. The van der Waals surface area contributed by atoms with Gasteiger partial charge < -0.3 is 9.30 Å². The van der Waals surface area contributed by atoms with Crippen molar-refractivity contribution in [1.82, 2.24) is 19.4 Å². The second kappa shape index (κ2) is 5.82. The van der Waals surface area contributed by atoms with Gasteiger partial charge in [0.1, 0.15) is 0 Å². The molecule has 2 fully saturated rings. The number of likely N-dealkylation sites (tertiary alicyclic amines) is 1. The summed E-state index contributed by atoms with van der Waals surface area (Å²) in [5, 5.41) is 0. The smallest absolute Gasteiger partial charge is 0.0949 e. The molecule has 0 N–H and O–H groups in total. The number of nitrogens with zero attached hydrogens (tertiary/aromatic N) is 4. The van der Waals surface area contributed by atoms with E-state index in [2.05, 4.69) is 31.6 Å². The van der Waals surface area contributed by atoms with Crippen molar-refractivity contribution >= 4 is 0 Å². The fraction of sp³-hybridized carbons (Fsp3) is 0.529. The van der Waals surface area contributed by atoms with Gasteiger partial charge in [0, 0.05) is 38.1 Å². The maximum Gasteiger partial charge on any atom is 0.0949 e. The van der Waals surface area contributed by atoms with Crippen LogP contribution in [0.3, 0.4) is 0 Å². The maximum absolute atomic E-state index is 6.28. The van der Waals surface area contributed by atoms with Crippen LogP contribution in [0.2, 0.25) is 0 Å². The maximum atomic E-state index is 6.28. The Balaban J connectivity index is 1.43. The molecule has 2 aromatic rings. The molecule has 0 amide bonds. The van der Waals surface area contributed by atoms with Gasteiger partial charge in [-0.1, -0.05) is 6.07 Å². The van der Waals surface area contributed by atoms with Crippen molar-refractivity contribution in [2.24, 2.45) is 0 Å². The van der Waals surface area contributed by atoms with E-state index in [4.69, 9.17) is 4.74 Å². The molecule has 0 bridgehead atoms. The normalized spacial score (nSPS) is 29.2. The van der Waals surface area contributed by atoms with Gasteiger partial charge in [0.25, 0.3) is 0 Å². The van der Waals surface area contributed by atoms with Crippen LogP contribution in [0.4, 0.5) is 0 Å². The average molecular weight is 298 g/mol. The predicted molar refractivity (Wildman–Crippen MR) is 83.3 cm³/mol. The molecular formula is C17H22N4O. The first-order valence-electron chi connectivity index (χ1n) is 8.07. The Bertz CT molecular complexity index is 600. The van der Waals surface area contributed by atoms with Crippen molar-refractivity contribution in [2.45, 2.75) is 37.5 Å². The lowest BCUT2D eigenvalue weighted by Gasteiger charge is -2.39. The zero-order valence-electron chi connectivity index (χ0n) is 12.8. The molecule has 4 rings (SSSR count). The molecule has 1 spiro atoms. The van der Waals surface area contributed by atoms with E-state index in [1.807, 2.05) is 31.0 Å². The van der Waals surface area contributed by atoms with Crippen LogP contribution in [0.1, 0.15) is 31.0 Å². The molecule has 0 saturated carbocycles. The number of piperidine rings is 1. The fourth-order valence-electron chi connectivity index (χ4n) is 3.83. The van der Waals surface area contributed by atoms with Gasteiger partial charge in [-0.2, -0.15) is 0 Å². The quantitative estimate of drug-likeness (QED) is 0.872. The molecule has 2 atom stereocenters. The highest BCUT2D eigenvalue weighted by molar-refractivity contribution is 5.05. The lowest BCUT2D eigenvalue weighted by molar-refractivity contribution is -0.0537. The van der Waals surface area contributed by atoms with Gasteiger partial charge in [-0.3, -0.25) is 9.88 Å². The molecule has 2 unspecified atom stereocenters. The van der Waals surface area contributed by atoms with E-state index >= 15 is 0 Å². The third-order valence-corrected chi connectivity index (χ3v) is 4.87. The van der Waals surface area contributed by atoms with E-state index in [0.29, 0.717) is 6.04 Å². The molecule has 2 aliphatic rings. The van der Waals surface area contributed by atoms with Crippen molar-refractivity contribution in [3.05, 3.63) is 48.8 Å². The zero-order chi connectivity index (χ0) is 14.8. The fourth-order valence-corrected chi connectivity index (χ4v) is 3.83. The number of rotatable bonds is 3. The number of aromatic nitrogens is 3. The van der Waals surface area contributed by atoms with Crippen LogP contribution in [0.5, 0.6) is 0 Å². The molecular weight excluding hydrogens is 276 g/mol. The Kier molecular flexibility index (Phi) is 3.68. The van der Waals surface area contributed by atoms with Crippen molar-refractivity contribution in [2.75, 3.05) is 19.7 Å². The molecule has 0 aromatic carbocycles. The number of hydrogen-bond donors (Lipinski definition) is 0. The summed E-state index contributed by atoms with van der Waals surface area (Å²) in [6.07, 6.45) is 11.1. The lowest BCUT2D eigenvalue weighted by Crippen LogP contribution is -2.47. The molecule has 2 saturated heterocycles. The van der Waals surface area contributed by atoms with Gasteiger partial charge in [0.05, 0.1) is 30.3 Å². The van der Waals surface area contributed by atoms with Crippen LogP contribution >= 0.6 is 0 Å². The lowest BCUT2D eigenvalue weighted by atomic mass is 9.88. The van der Waals surface area contributed by atoms with E-state index in [-0.39, 0.29) is 5.60 Å². The van der Waals surface area contributed by atoms with Gasteiger partial charge in [-0.05, 0) is 31.5 Å². The summed E-state index contributed by atoms with van der Waals surface area (Å²) in [6, 6.07) is 6.56.